The van der Waals surface area contributed by atoms with Crippen molar-refractivity contribution >= 4 is 22.6 Å². The summed E-state index contributed by atoms with van der Waals surface area (Å²) >= 11 is 0. The van der Waals surface area contributed by atoms with Crippen LogP contribution in [0.25, 0.3) is 22.2 Å². The van der Waals surface area contributed by atoms with Crippen LogP contribution in [-0.2, 0) is 17.6 Å². The van der Waals surface area contributed by atoms with E-state index in [-0.39, 0.29) is 5.91 Å². The van der Waals surface area contributed by atoms with E-state index in [1.165, 1.54) is 5.56 Å². The maximum Gasteiger partial charge on any atom is 0.224 e. The molecule has 0 radical (unpaired) electrons. The van der Waals surface area contributed by atoms with Crippen LogP contribution in [0.15, 0.2) is 73.1 Å². The second-order valence-corrected chi connectivity index (χ2v) is 6.94. The number of hydrogen-bond donors (Lipinski definition) is 2. The topological polar surface area (TPSA) is 57.8 Å². The van der Waals surface area contributed by atoms with Crippen LogP contribution in [0.1, 0.15) is 24.5 Å². The van der Waals surface area contributed by atoms with Crippen molar-refractivity contribution in [2.24, 2.45) is 0 Å². The predicted molar refractivity (Wildman–Crippen MR) is 114 cm³/mol. The molecule has 2 heterocycles. The van der Waals surface area contributed by atoms with Crippen molar-refractivity contribution in [1.29, 1.82) is 0 Å². The van der Waals surface area contributed by atoms with Gasteiger partial charge < -0.3 is 10.3 Å². The molecule has 0 spiro atoms. The minimum Gasteiger partial charge on any atom is -0.346 e. The highest BCUT2D eigenvalue weighted by Gasteiger charge is 2.06. The monoisotopic (exact) mass is 369 g/mol. The van der Waals surface area contributed by atoms with Crippen molar-refractivity contribution in [1.82, 2.24) is 9.97 Å². The molecule has 4 aromatic rings. The summed E-state index contributed by atoms with van der Waals surface area (Å²) in [5, 5.41) is 4.09. The molecular weight excluding hydrogens is 346 g/mol. The maximum absolute atomic E-state index is 12.3. The Labute approximate surface area is 164 Å². The molecule has 28 heavy (non-hydrogen) atoms. The van der Waals surface area contributed by atoms with Crippen molar-refractivity contribution < 1.29 is 4.79 Å². The molecule has 0 aliphatic heterocycles. The van der Waals surface area contributed by atoms with E-state index in [1.807, 2.05) is 42.7 Å². The Kier molecular flexibility index (Phi) is 5.20. The minimum atomic E-state index is 0.0362. The molecule has 0 saturated heterocycles. The molecule has 0 atom stereocenters. The highest BCUT2D eigenvalue weighted by atomic mass is 16.1. The van der Waals surface area contributed by atoms with Crippen LogP contribution in [0.5, 0.6) is 0 Å². The summed E-state index contributed by atoms with van der Waals surface area (Å²) in [6, 6.07) is 20.5. The standard InChI is InChI=1S/C24H23N3O/c1-2-17-5-4-8-22(14-17)27-23(28)10-9-18-6-3-7-19(13-18)21-15-20-11-12-25-24(20)26-16-21/h3-8,11-16H,2,9-10H2,1H3,(H,25,26)(H,27,28). The number of nitrogens with one attached hydrogen (secondary N) is 2. The SMILES string of the molecule is CCc1cccc(NC(=O)CCc2cccc(-c3cnc4[nH]ccc4c3)c2)c1. The molecule has 0 aliphatic carbocycles. The van der Waals surface area contributed by atoms with E-state index in [0.717, 1.165) is 39.8 Å². The Balaban J connectivity index is 1.42. The van der Waals surface area contributed by atoms with Gasteiger partial charge in [-0.2, -0.15) is 0 Å². The molecule has 2 aromatic heterocycles. The number of fused-ring (bicyclic) bond motifs is 1. The molecule has 1 amide bonds. The van der Waals surface area contributed by atoms with Crippen molar-refractivity contribution in [3.05, 3.63) is 84.2 Å². The van der Waals surface area contributed by atoms with Gasteiger partial charge in [-0.1, -0.05) is 43.3 Å². The summed E-state index contributed by atoms with van der Waals surface area (Å²) in [5.41, 5.74) is 6.31. The quantitative estimate of drug-likeness (QED) is 0.480. The van der Waals surface area contributed by atoms with Gasteiger partial charge in [0.15, 0.2) is 0 Å². The van der Waals surface area contributed by atoms with Gasteiger partial charge in [-0.05, 0) is 53.8 Å². The molecule has 0 saturated carbocycles. The Morgan fingerprint density at radius 1 is 1.00 bits per heavy atom. The minimum absolute atomic E-state index is 0.0362. The zero-order valence-electron chi connectivity index (χ0n) is 15.9. The normalized spacial score (nSPS) is 10.9. The van der Waals surface area contributed by atoms with Crippen LogP contribution in [-0.4, -0.2) is 15.9 Å². The molecule has 0 unspecified atom stereocenters. The Hall–Kier alpha value is -3.40. The van der Waals surface area contributed by atoms with E-state index in [0.29, 0.717) is 12.8 Å². The van der Waals surface area contributed by atoms with E-state index < -0.39 is 0 Å². The molecule has 140 valence electrons. The fraction of sp³-hybridized carbons (Fsp3) is 0.167. The lowest BCUT2D eigenvalue weighted by Crippen LogP contribution is -2.12. The first kappa shape index (κ1) is 18.0. The number of benzene rings is 2. The van der Waals surface area contributed by atoms with Crippen molar-refractivity contribution in [3.8, 4) is 11.1 Å². The Morgan fingerprint density at radius 3 is 2.75 bits per heavy atom. The van der Waals surface area contributed by atoms with Gasteiger partial charge in [-0.15, -0.1) is 0 Å². The smallest absolute Gasteiger partial charge is 0.224 e. The molecule has 2 aromatic carbocycles. The summed E-state index contributed by atoms with van der Waals surface area (Å²) in [7, 11) is 0. The summed E-state index contributed by atoms with van der Waals surface area (Å²) in [5.74, 6) is 0.0362. The van der Waals surface area contributed by atoms with Gasteiger partial charge in [0, 0.05) is 35.5 Å². The summed E-state index contributed by atoms with van der Waals surface area (Å²) < 4.78 is 0. The fourth-order valence-corrected chi connectivity index (χ4v) is 3.35. The number of H-pyrrole nitrogens is 1. The van der Waals surface area contributed by atoms with E-state index in [1.54, 1.807) is 0 Å². The lowest BCUT2D eigenvalue weighted by molar-refractivity contribution is -0.116. The number of pyridine rings is 1. The Morgan fingerprint density at radius 2 is 1.86 bits per heavy atom. The van der Waals surface area contributed by atoms with Crippen molar-refractivity contribution in [3.63, 3.8) is 0 Å². The zero-order valence-corrected chi connectivity index (χ0v) is 15.9. The van der Waals surface area contributed by atoms with Gasteiger partial charge in [0.2, 0.25) is 5.91 Å². The number of rotatable bonds is 6. The molecule has 4 nitrogen and oxygen atoms in total. The fourth-order valence-electron chi connectivity index (χ4n) is 3.35. The molecule has 0 fully saturated rings. The van der Waals surface area contributed by atoms with Gasteiger partial charge in [-0.25, -0.2) is 4.98 Å². The number of carbonyl (C=O) groups is 1. The summed E-state index contributed by atoms with van der Waals surface area (Å²) in [6.07, 6.45) is 5.89. The first-order chi connectivity index (χ1) is 13.7. The number of aryl methyl sites for hydroxylation is 2. The summed E-state index contributed by atoms with van der Waals surface area (Å²) in [4.78, 5) is 19.9. The molecule has 0 aliphatic rings. The molecule has 0 bridgehead atoms. The number of hydrogen-bond acceptors (Lipinski definition) is 2. The van der Waals surface area contributed by atoms with E-state index in [9.17, 15) is 4.79 Å². The van der Waals surface area contributed by atoms with E-state index in [2.05, 4.69) is 52.5 Å². The van der Waals surface area contributed by atoms with Gasteiger partial charge in [0.05, 0.1) is 0 Å². The van der Waals surface area contributed by atoms with Crippen molar-refractivity contribution in [2.45, 2.75) is 26.2 Å². The van der Waals surface area contributed by atoms with Crippen LogP contribution in [0.4, 0.5) is 5.69 Å². The van der Waals surface area contributed by atoms with E-state index in [4.69, 9.17) is 0 Å². The van der Waals surface area contributed by atoms with Crippen LogP contribution in [0.3, 0.4) is 0 Å². The van der Waals surface area contributed by atoms with E-state index >= 15 is 0 Å². The average molecular weight is 369 g/mol. The molecule has 2 N–H and O–H groups in total. The third kappa shape index (κ3) is 4.12. The maximum atomic E-state index is 12.3. The Bertz CT molecular complexity index is 1110. The number of aromatic amines is 1. The molecule has 4 heteroatoms. The highest BCUT2D eigenvalue weighted by Crippen LogP contribution is 2.23. The highest BCUT2D eigenvalue weighted by molar-refractivity contribution is 5.91. The number of nitrogens with zero attached hydrogens (tertiary/aromatic N) is 1. The van der Waals surface area contributed by atoms with Gasteiger partial charge >= 0.3 is 0 Å². The van der Waals surface area contributed by atoms with Crippen LogP contribution in [0.2, 0.25) is 0 Å². The largest absolute Gasteiger partial charge is 0.346 e. The van der Waals surface area contributed by atoms with Crippen molar-refractivity contribution in [2.75, 3.05) is 5.32 Å². The van der Waals surface area contributed by atoms with Crippen LogP contribution >= 0.6 is 0 Å². The third-order valence-corrected chi connectivity index (χ3v) is 4.92. The summed E-state index contributed by atoms with van der Waals surface area (Å²) in [6.45, 7) is 2.11. The second-order valence-electron chi connectivity index (χ2n) is 6.94. The van der Waals surface area contributed by atoms with Gasteiger partial charge in [0.1, 0.15) is 5.65 Å². The third-order valence-electron chi connectivity index (χ3n) is 4.92. The van der Waals surface area contributed by atoms with Crippen LogP contribution < -0.4 is 5.32 Å². The van der Waals surface area contributed by atoms with Crippen LogP contribution in [0, 0.1) is 0 Å². The lowest BCUT2D eigenvalue weighted by atomic mass is 10.0. The van der Waals surface area contributed by atoms with Gasteiger partial charge in [-0.3, -0.25) is 4.79 Å². The number of carbonyl (C=O) groups excluding carboxylic acids is 1. The average Bonchev–Trinajstić information content (AvgIpc) is 3.20. The molecular formula is C24H23N3O. The zero-order chi connectivity index (χ0) is 19.3. The van der Waals surface area contributed by atoms with Gasteiger partial charge in [0.25, 0.3) is 0 Å². The second kappa shape index (κ2) is 8.09. The number of aromatic nitrogens is 2. The first-order valence-electron chi connectivity index (χ1n) is 9.62. The number of amides is 1. The molecule has 4 rings (SSSR count). The predicted octanol–water partition coefficient (Wildman–Crippen LogP) is 5.36. The number of anilines is 1. The lowest BCUT2D eigenvalue weighted by Gasteiger charge is -2.08. The first-order valence-corrected chi connectivity index (χ1v) is 9.62.